The molecule has 2 N–H and O–H groups in total. The van der Waals surface area contributed by atoms with Gasteiger partial charge in [0.2, 0.25) is 8.32 Å². The molecule has 0 radical (unpaired) electrons. The zero-order valence-corrected chi connectivity index (χ0v) is 17.8. The molecule has 23 heavy (non-hydrogen) atoms. The van der Waals surface area contributed by atoms with Gasteiger partial charge in [0.25, 0.3) is 0 Å². The zero-order valence-electron chi connectivity index (χ0n) is 16.8. The van der Waals surface area contributed by atoms with Crippen LogP contribution in [0.15, 0.2) is 11.6 Å². The van der Waals surface area contributed by atoms with Gasteiger partial charge >= 0.3 is 0 Å². The maximum atomic E-state index is 9.91. The smallest absolute Gasteiger partial charge is 0.200 e. The van der Waals surface area contributed by atoms with Crippen LogP contribution in [0.3, 0.4) is 0 Å². The van der Waals surface area contributed by atoms with Crippen molar-refractivity contribution in [1.82, 2.24) is 0 Å². The quantitative estimate of drug-likeness (QED) is 0.431. The number of hydrogen-bond donors (Lipinski definition) is 2. The Morgan fingerprint density at radius 1 is 1.04 bits per heavy atom. The molecule has 0 heterocycles. The molecule has 0 amide bonds. The first-order valence-corrected chi connectivity index (χ1v) is 11.2. The average molecular weight is 345 g/mol. The van der Waals surface area contributed by atoms with E-state index in [-0.39, 0.29) is 0 Å². The van der Waals surface area contributed by atoms with Crippen LogP contribution in [0.2, 0.25) is 16.6 Å². The average Bonchev–Trinajstić information content (AvgIpc) is 2.38. The third-order valence-corrected chi connectivity index (χ3v) is 11.2. The fraction of sp³-hybridized carbons (Fsp3) is 0.895. The molecule has 0 aliphatic rings. The molecule has 4 heteroatoms. The van der Waals surface area contributed by atoms with E-state index < -0.39 is 20.0 Å². The van der Waals surface area contributed by atoms with Crippen LogP contribution in [0.4, 0.5) is 0 Å². The third-order valence-electron chi connectivity index (χ3n) is 5.10. The number of aliphatic hydroxyl groups is 2. The van der Waals surface area contributed by atoms with Crippen molar-refractivity contribution in [2.45, 2.75) is 103 Å². The van der Waals surface area contributed by atoms with Crippen molar-refractivity contribution in [2.24, 2.45) is 0 Å². The van der Waals surface area contributed by atoms with Gasteiger partial charge in [-0.2, -0.15) is 0 Å². The highest BCUT2D eigenvalue weighted by molar-refractivity contribution is 6.77. The second-order valence-corrected chi connectivity index (χ2v) is 13.8. The van der Waals surface area contributed by atoms with Gasteiger partial charge in [-0.3, -0.25) is 0 Å². The predicted molar refractivity (Wildman–Crippen MR) is 102 cm³/mol. The van der Waals surface area contributed by atoms with Crippen molar-refractivity contribution in [3.8, 4) is 0 Å². The SMILES string of the molecule is C/C(=C\CO[Si](C(C)C)(C(C)C)C(C)C)CC[C@@H](O)C(C)(C)O. The highest BCUT2D eigenvalue weighted by atomic mass is 28.4. The molecular weight excluding hydrogens is 304 g/mol. The van der Waals surface area contributed by atoms with Crippen LogP contribution in [0, 0.1) is 0 Å². The Labute approximate surface area is 145 Å². The number of allylic oxidation sites excluding steroid dienone is 1. The van der Waals surface area contributed by atoms with E-state index in [0.717, 1.165) is 6.42 Å². The van der Waals surface area contributed by atoms with Crippen molar-refractivity contribution in [1.29, 1.82) is 0 Å². The van der Waals surface area contributed by atoms with Crippen LogP contribution in [0.5, 0.6) is 0 Å². The molecule has 3 nitrogen and oxygen atoms in total. The minimum Gasteiger partial charge on any atom is -0.412 e. The maximum Gasteiger partial charge on any atom is 0.200 e. The number of hydrogen-bond acceptors (Lipinski definition) is 3. The lowest BCUT2D eigenvalue weighted by atomic mass is 9.96. The molecule has 0 saturated carbocycles. The summed E-state index contributed by atoms with van der Waals surface area (Å²) in [6, 6.07) is 0. The first-order valence-electron chi connectivity index (χ1n) is 9.05. The molecule has 0 aliphatic heterocycles. The van der Waals surface area contributed by atoms with Crippen LogP contribution in [-0.4, -0.2) is 36.8 Å². The molecular formula is C19H40O3Si. The first-order chi connectivity index (χ1) is 10.4. The molecule has 0 spiro atoms. The molecule has 138 valence electrons. The molecule has 0 bridgehead atoms. The fourth-order valence-corrected chi connectivity index (χ4v) is 9.02. The van der Waals surface area contributed by atoms with Gasteiger partial charge in [0.05, 0.1) is 18.3 Å². The van der Waals surface area contributed by atoms with Crippen molar-refractivity contribution >= 4 is 8.32 Å². The highest BCUT2D eigenvalue weighted by Gasteiger charge is 2.44. The van der Waals surface area contributed by atoms with Crippen LogP contribution in [-0.2, 0) is 4.43 Å². The minimum absolute atomic E-state index is 0.576. The Hall–Kier alpha value is -0.163. The summed E-state index contributed by atoms with van der Waals surface area (Å²) in [5.41, 5.74) is 1.95. The monoisotopic (exact) mass is 344 g/mol. The van der Waals surface area contributed by atoms with E-state index in [1.54, 1.807) is 13.8 Å². The van der Waals surface area contributed by atoms with E-state index in [1.165, 1.54) is 5.57 Å². The number of aliphatic hydroxyl groups excluding tert-OH is 1. The minimum atomic E-state index is -1.80. The van der Waals surface area contributed by atoms with Gasteiger partial charge in [-0.05, 0) is 50.2 Å². The molecule has 1 atom stereocenters. The summed E-state index contributed by atoms with van der Waals surface area (Å²) in [4.78, 5) is 0. The van der Waals surface area contributed by atoms with Crippen molar-refractivity contribution in [2.75, 3.05) is 6.61 Å². The van der Waals surface area contributed by atoms with Gasteiger partial charge in [0, 0.05) is 0 Å². The fourth-order valence-electron chi connectivity index (χ4n) is 3.65. The predicted octanol–water partition coefficient (Wildman–Crippen LogP) is 5.04. The summed E-state index contributed by atoms with van der Waals surface area (Å²) in [5, 5.41) is 19.7. The molecule has 0 fully saturated rings. The standard InChI is InChI=1S/C19H40O3Si/c1-14(2)23(15(3)4,16(5)6)22-13-12-17(7)10-11-18(20)19(8,9)21/h12,14-16,18,20-21H,10-11,13H2,1-9H3/b17-12+/t18-/m1/s1. The molecule has 0 rings (SSSR count). The summed E-state index contributed by atoms with van der Waals surface area (Å²) >= 11 is 0. The molecule has 0 aromatic heterocycles. The van der Waals surface area contributed by atoms with Gasteiger partial charge in [-0.25, -0.2) is 0 Å². The zero-order chi connectivity index (χ0) is 18.4. The Morgan fingerprint density at radius 2 is 1.48 bits per heavy atom. The normalized spacial score (nSPS) is 15.8. The van der Waals surface area contributed by atoms with E-state index in [1.807, 2.05) is 0 Å². The lowest BCUT2D eigenvalue weighted by Gasteiger charge is -2.42. The highest BCUT2D eigenvalue weighted by Crippen LogP contribution is 2.42. The van der Waals surface area contributed by atoms with Gasteiger partial charge in [-0.1, -0.05) is 53.2 Å². The Balaban J connectivity index is 4.70. The maximum absolute atomic E-state index is 9.91. The lowest BCUT2D eigenvalue weighted by molar-refractivity contribution is -0.0509. The van der Waals surface area contributed by atoms with Crippen LogP contribution in [0.25, 0.3) is 0 Å². The van der Waals surface area contributed by atoms with Crippen LogP contribution >= 0.6 is 0 Å². The van der Waals surface area contributed by atoms with Crippen LogP contribution < -0.4 is 0 Å². The van der Waals surface area contributed by atoms with Crippen molar-refractivity contribution in [3.63, 3.8) is 0 Å². The molecule has 0 saturated heterocycles. The molecule has 0 aromatic rings. The van der Waals surface area contributed by atoms with E-state index >= 15 is 0 Å². The van der Waals surface area contributed by atoms with E-state index in [0.29, 0.717) is 29.7 Å². The van der Waals surface area contributed by atoms with Crippen molar-refractivity contribution in [3.05, 3.63) is 11.6 Å². The first kappa shape index (κ1) is 22.8. The Kier molecular flexibility index (Phi) is 9.29. The largest absolute Gasteiger partial charge is 0.412 e. The van der Waals surface area contributed by atoms with Crippen LogP contribution in [0.1, 0.15) is 75.2 Å². The van der Waals surface area contributed by atoms with Gasteiger partial charge < -0.3 is 14.6 Å². The third kappa shape index (κ3) is 6.69. The number of rotatable bonds is 10. The summed E-state index contributed by atoms with van der Waals surface area (Å²) in [5.74, 6) is 0. The second-order valence-electron chi connectivity index (χ2n) is 8.39. The van der Waals surface area contributed by atoms with Crippen molar-refractivity contribution < 1.29 is 14.6 Å². The molecule has 0 aromatic carbocycles. The van der Waals surface area contributed by atoms with E-state index in [9.17, 15) is 10.2 Å². The Bertz CT molecular complexity index is 346. The summed E-state index contributed by atoms with van der Waals surface area (Å²) < 4.78 is 6.51. The van der Waals surface area contributed by atoms with Gasteiger partial charge in [0.15, 0.2) is 0 Å². The van der Waals surface area contributed by atoms with E-state index in [4.69, 9.17) is 4.43 Å². The second kappa shape index (κ2) is 9.35. The lowest BCUT2D eigenvalue weighted by Crippen LogP contribution is -2.47. The van der Waals surface area contributed by atoms with Gasteiger partial charge in [-0.15, -0.1) is 0 Å². The summed E-state index contributed by atoms with van der Waals surface area (Å²) in [7, 11) is -1.80. The Morgan fingerprint density at radius 3 is 1.83 bits per heavy atom. The molecule has 0 aliphatic carbocycles. The van der Waals surface area contributed by atoms with E-state index in [2.05, 4.69) is 54.5 Å². The molecule has 0 unspecified atom stereocenters. The summed E-state index contributed by atoms with van der Waals surface area (Å²) in [6.07, 6.45) is 2.81. The summed E-state index contributed by atoms with van der Waals surface area (Å²) in [6.45, 7) is 19.8. The van der Waals surface area contributed by atoms with Gasteiger partial charge in [0.1, 0.15) is 0 Å². The topological polar surface area (TPSA) is 49.7 Å².